The van der Waals surface area contributed by atoms with E-state index in [1.807, 2.05) is 13.1 Å². The van der Waals surface area contributed by atoms with Crippen molar-refractivity contribution in [3.8, 4) is 0 Å². The number of hydrogen-bond donors (Lipinski definition) is 0. The van der Waals surface area contributed by atoms with Gasteiger partial charge in [-0.3, -0.25) is 0 Å². The Morgan fingerprint density at radius 3 is 3.00 bits per heavy atom. The summed E-state index contributed by atoms with van der Waals surface area (Å²) in [7, 11) is 1.81. The summed E-state index contributed by atoms with van der Waals surface area (Å²) >= 11 is 5.61. The fourth-order valence-corrected chi connectivity index (χ4v) is 1.41. The molecule has 0 atom stereocenters. The third-order valence-electron chi connectivity index (χ3n) is 2.05. The maximum atomic E-state index is 13.4. The predicted octanol–water partition coefficient (Wildman–Crippen LogP) is 3.28. The summed E-state index contributed by atoms with van der Waals surface area (Å²) in [6, 6.07) is 1.27. The Balaban J connectivity index is 2.64. The zero-order valence-corrected chi connectivity index (χ0v) is 9.47. The third kappa shape index (κ3) is 3.51. The van der Waals surface area contributed by atoms with E-state index in [0.717, 1.165) is 19.4 Å². The van der Waals surface area contributed by atoms with Gasteiger partial charge in [0, 0.05) is 19.8 Å². The van der Waals surface area contributed by atoms with Gasteiger partial charge >= 0.3 is 0 Å². The van der Waals surface area contributed by atoms with E-state index in [1.165, 1.54) is 12.3 Å². The summed E-state index contributed by atoms with van der Waals surface area (Å²) in [6.07, 6.45) is 5.15. The van der Waals surface area contributed by atoms with Crippen molar-refractivity contribution in [1.29, 1.82) is 0 Å². The number of halogens is 2. The summed E-state index contributed by atoms with van der Waals surface area (Å²) in [5.74, 6) is -0.0490. The molecule has 0 unspecified atom stereocenters. The topological polar surface area (TPSA) is 16.1 Å². The van der Waals surface area contributed by atoms with Gasteiger partial charge in [-0.05, 0) is 18.9 Å². The Morgan fingerprint density at radius 1 is 1.67 bits per heavy atom. The Labute approximate surface area is 94.4 Å². The molecule has 15 heavy (non-hydrogen) atoms. The van der Waals surface area contributed by atoms with Gasteiger partial charge in [0.15, 0.2) is 11.6 Å². The normalized spacial score (nSPS) is 10.1. The molecule has 0 saturated heterocycles. The summed E-state index contributed by atoms with van der Waals surface area (Å²) in [4.78, 5) is 5.72. The average molecular weight is 229 g/mol. The van der Waals surface area contributed by atoms with Crippen molar-refractivity contribution in [2.24, 2.45) is 0 Å². The van der Waals surface area contributed by atoms with Gasteiger partial charge in [-0.1, -0.05) is 17.7 Å². The van der Waals surface area contributed by atoms with Crippen molar-refractivity contribution in [3.05, 3.63) is 35.8 Å². The smallest absolute Gasteiger partial charge is 0.167 e. The molecule has 0 aliphatic carbocycles. The number of rotatable bonds is 5. The molecule has 0 spiro atoms. The summed E-state index contributed by atoms with van der Waals surface area (Å²) in [5.41, 5.74) is 0. The number of unbranched alkanes of at least 4 members (excludes halogenated alkanes) is 1. The molecular formula is C11H14ClFN2. The third-order valence-corrected chi connectivity index (χ3v) is 2.26. The van der Waals surface area contributed by atoms with E-state index >= 15 is 0 Å². The van der Waals surface area contributed by atoms with Crippen LogP contribution in [0.25, 0.3) is 0 Å². The van der Waals surface area contributed by atoms with Gasteiger partial charge < -0.3 is 4.90 Å². The van der Waals surface area contributed by atoms with Gasteiger partial charge in [-0.15, -0.1) is 6.58 Å². The fourth-order valence-electron chi connectivity index (χ4n) is 1.27. The number of nitrogens with zero attached hydrogens (tertiary/aromatic N) is 2. The van der Waals surface area contributed by atoms with Crippen molar-refractivity contribution < 1.29 is 4.39 Å². The van der Waals surface area contributed by atoms with Crippen molar-refractivity contribution >= 4 is 17.4 Å². The van der Waals surface area contributed by atoms with Crippen LogP contribution in [0.4, 0.5) is 10.2 Å². The molecule has 0 aliphatic heterocycles. The predicted molar refractivity (Wildman–Crippen MR) is 61.9 cm³/mol. The minimum atomic E-state index is -0.386. The molecule has 0 N–H and O–H groups in total. The quantitative estimate of drug-likeness (QED) is 0.568. The molecule has 2 nitrogen and oxygen atoms in total. The molecule has 1 aromatic heterocycles. The maximum Gasteiger partial charge on any atom is 0.167 e. The molecule has 0 fully saturated rings. The number of aromatic nitrogens is 1. The molecule has 4 heteroatoms. The lowest BCUT2D eigenvalue weighted by Crippen LogP contribution is -2.20. The van der Waals surface area contributed by atoms with Gasteiger partial charge in [-0.25, -0.2) is 9.37 Å². The average Bonchev–Trinajstić information content (AvgIpc) is 2.17. The van der Waals surface area contributed by atoms with Crippen LogP contribution >= 0.6 is 11.6 Å². The van der Waals surface area contributed by atoms with E-state index < -0.39 is 0 Å². The van der Waals surface area contributed by atoms with E-state index in [1.54, 1.807) is 4.90 Å². The van der Waals surface area contributed by atoms with Crippen molar-refractivity contribution in [2.75, 3.05) is 18.5 Å². The standard InChI is InChI=1S/C11H14ClFN2/c1-3-4-5-6-15(2)11-10(13)7-9(12)8-14-11/h3,7-8H,1,4-6H2,2H3. The Hall–Kier alpha value is -1.09. The van der Waals surface area contributed by atoms with Gasteiger partial charge in [0.05, 0.1) is 5.02 Å². The summed E-state index contributed by atoms with van der Waals surface area (Å²) < 4.78 is 13.4. The fraction of sp³-hybridized carbons (Fsp3) is 0.364. The second-order valence-corrected chi connectivity index (χ2v) is 3.75. The first-order valence-electron chi connectivity index (χ1n) is 4.78. The van der Waals surface area contributed by atoms with Crippen LogP contribution in [0.15, 0.2) is 24.9 Å². The number of anilines is 1. The van der Waals surface area contributed by atoms with Gasteiger partial charge in [0.1, 0.15) is 0 Å². The van der Waals surface area contributed by atoms with Crippen molar-refractivity contribution in [3.63, 3.8) is 0 Å². The SMILES string of the molecule is C=CCCCN(C)c1ncc(Cl)cc1F. The van der Waals surface area contributed by atoms with Crippen LogP contribution in [0, 0.1) is 5.82 Å². The van der Waals surface area contributed by atoms with Crippen LogP contribution in [0.1, 0.15) is 12.8 Å². The van der Waals surface area contributed by atoms with E-state index in [4.69, 9.17) is 11.6 Å². The zero-order chi connectivity index (χ0) is 11.3. The highest BCUT2D eigenvalue weighted by Gasteiger charge is 2.08. The van der Waals surface area contributed by atoms with E-state index in [-0.39, 0.29) is 5.82 Å². The molecule has 1 aromatic rings. The van der Waals surface area contributed by atoms with E-state index in [0.29, 0.717) is 10.8 Å². The van der Waals surface area contributed by atoms with Crippen LogP contribution in [0.3, 0.4) is 0 Å². The molecule has 1 rings (SSSR count). The van der Waals surface area contributed by atoms with Crippen molar-refractivity contribution in [2.45, 2.75) is 12.8 Å². The molecule has 0 aromatic carbocycles. The number of pyridine rings is 1. The van der Waals surface area contributed by atoms with Gasteiger partial charge in [0.2, 0.25) is 0 Å². The van der Waals surface area contributed by atoms with Crippen LogP contribution in [0.5, 0.6) is 0 Å². The van der Waals surface area contributed by atoms with E-state index in [9.17, 15) is 4.39 Å². The Bertz CT molecular complexity index is 341. The molecule has 82 valence electrons. The molecule has 0 saturated carbocycles. The lowest BCUT2D eigenvalue weighted by molar-refractivity contribution is 0.613. The molecule has 0 bridgehead atoms. The highest BCUT2D eigenvalue weighted by Crippen LogP contribution is 2.18. The molecule has 0 aliphatic rings. The van der Waals surface area contributed by atoms with Gasteiger partial charge in [-0.2, -0.15) is 0 Å². The Morgan fingerprint density at radius 2 is 2.40 bits per heavy atom. The lowest BCUT2D eigenvalue weighted by atomic mass is 10.3. The molecule has 1 heterocycles. The zero-order valence-electron chi connectivity index (χ0n) is 8.71. The first-order chi connectivity index (χ1) is 7.15. The highest BCUT2D eigenvalue weighted by molar-refractivity contribution is 6.30. The minimum absolute atomic E-state index is 0.316. The maximum absolute atomic E-state index is 13.4. The van der Waals surface area contributed by atoms with Crippen LogP contribution in [0.2, 0.25) is 5.02 Å². The highest BCUT2D eigenvalue weighted by atomic mass is 35.5. The molecule has 0 amide bonds. The van der Waals surface area contributed by atoms with Crippen LogP contribution < -0.4 is 4.90 Å². The molecule has 0 radical (unpaired) electrons. The number of allylic oxidation sites excluding steroid dienone is 1. The van der Waals surface area contributed by atoms with Crippen LogP contribution in [-0.4, -0.2) is 18.6 Å². The second-order valence-electron chi connectivity index (χ2n) is 3.31. The first-order valence-corrected chi connectivity index (χ1v) is 5.16. The van der Waals surface area contributed by atoms with E-state index in [2.05, 4.69) is 11.6 Å². The van der Waals surface area contributed by atoms with Gasteiger partial charge in [0.25, 0.3) is 0 Å². The Kier molecular flexibility index (Phi) is 4.56. The largest absolute Gasteiger partial charge is 0.357 e. The first kappa shape index (κ1) is 12.0. The summed E-state index contributed by atoms with van der Waals surface area (Å²) in [5, 5.41) is 0.316. The lowest BCUT2D eigenvalue weighted by Gasteiger charge is -2.18. The van der Waals surface area contributed by atoms with Crippen LogP contribution in [-0.2, 0) is 0 Å². The monoisotopic (exact) mass is 228 g/mol. The summed E-state index contributed by atoms with van der Waals surface area (Å²) in [6.45, 7) is 4.38. The molecular weight excluding hydrogens is 215 g/mol. The second kappa shape index (κ2) is 5.71. The minimum Gasteiger partial charge on any atom is -0.357 e. The van der Waals surface area contributed by atoms with Crippen molar-refractivity contribution in [1.82, 2.24) is 4.98 Å². The number of hydrogen-bond acceptors (Lipinski definition) is 2.